The van der Waals surface area contributed by atoms with E-state index in [1.807, 2.05) is 0 Å². The molecule has 23 heavy (non-hydrogen) atoms. The maximum Gasteiger partial charge on any atom is 0.416 e. The van der Waals surface area contributed by atoms with E-state index in [1.165, 1.54) is 13.2 Å². The lowest BCUT2D eigenvalue weighted by Gasteiger charge is -2.14. The Kier molecular flexibility index (Phi) is 4.93. The molecule has 0 atom stereocenters. The summed E-state index contributed by atoms with van der Waals surface area (Å²) in [6.45, 7) is 1.40. The number of rotatable bonds is 4. The van der Waals surface area contributed by atoms with Gasteiger partial charge in [-0.25, -0.2) is 0 Å². The fourth-order valence-electron chi connectivity index (χ4n) is 2.13. The van der Waals surface area contributed by atoms with E-state index in [2.05, 4.69) is 5.32 Å². The van der Waals surface area contributed by atoms with Gasteiger partial charge in [0, 0.05) is 12.1 Å². The van der Waals surface area contributed by atoms with Gasteiger partial charge in [0.05, 0.1) is 12.7 Å². The molecule has 1 N–H and O–H groups in total. The molecule has 3 nitrogen and oxygen atoms in total. The van der Waals surface area contributed by atoms with Crippen LogP contribution < -0.4 is 10.1 Å². The molecular formula is C17H16F3NO2. The molecule has 0 radical (unpaired) electrons. The Labute approximate surface area is 132 Å². The lowest BCUT2D eigenvalue weighted by Crippen LogP contribution is -2.24. The molecule has 0 heterocycles. The molecule has 0 bridgehead atoms. The normalized spacial score (nSPS) is 11.2. The van der Waals surface area contributed by atoms with Crippen LogP contribution in [0.2, 0.25) is 0 Å². The number of halogens is 3. The summed E-state index contributed by atoms with van der Waals surface area (Å²) in [5, 5.41) is 2.50. The van der Waals surface area contributed by atoms with Crippen LogP contribution in [0.3, 0.4) is 0 Å². The zero-order valence-corrected chi connectivity index (χ0v) is 12.7. The number of amides is 1. The molecular weight excluding hydrogens is 307 g/mol. The average Bonchev–Trinajstić information content (AvgIpc) is 2.52. The van der Waals surface area contributed by atoms with Gasteiger partial charge in [0.15, 0.2) is 0 Å². The highest BCUT2D eigenvalue weighted by Gasteiger charge is 2.33. The third-order valence-corrected chi connectivity index (χ3v) is 3.36. The number of hydrogen-bond donors (Lipinski definition) is 1. The van der Waals surface area contributed by atoms with Crippen molar-refractivity contribution in [2.45, 2.75) is 19.6 Å². The second-order valence-corrected chi connectivity index (χ2v) is 5.07. The smallest absolute Gasteiger partial charge is 0.416 e. The minimum absolute atomic E-state index is 0.0324. The third-order valence-electron chi connectivity index (χ3n) is 3.36. The van der Waals surface area contributed by atoms with Crippen LogP contribution in [0.1, 0.15) is 27.0 Å². The summed E-state index contributed by atoms with van der Waals surface area (Å²) in [6.07, 6.45) is -4.45. The van der Waals surface area contributed by atoms with Crippen LogP contribution in [0, 0.1) is 6.92 Å². The molecule has 2 aromatic rings. The Balaban J connectivity index is 2.12. The van der Waals surface area contributed by atoms with Crippen LogP contribution in [-0.2, 0) is 12.7 Å². The highest BCUT2D eigenvalue weighted by Crippen LogP contribution is 2.32. The first-order valence-corrected chi connectivity index (χ1v) is 6.90. The topological polar surface area (TPSA) is 38.3 Å². The van der Waals surface area contributed by atoms with Gasteiger partial charge in [-0.2, -0.15) is 13.2 Å². The van der Waals surface area contributed by atoms with Gasteiger partial charge in [-0.3, -0.25) is 4.79 Å². The van der Waals surface area contributed by atoms with Crippen LogP contribution in [0.5, 0.6) is 5.75 Å². The van der Waals surface area contributed by atoms with Crippen molar-refractivity contribution in [1.29, 1.82) is 0 Å². The van der Waals surface area contributed by atoms with Crippen LogP contribution in [0.25, 0.3) is 0 Å². The van der Waals surface area contributed by atoms with E-state index in [-0.39, 0.29) is 12.1 Å². The third kappa shape index (κ3) is 4.25. The second-order valence-electron chi connectivity index (χ2n) is 5.07. The molecule has 0 saturated carbocycles. The predicted molar refractivity (Wildman–Crippen MR) is 80.3 cm³/mol. The van der Waals surface area contributed by atoms with Gasteiger partial charge in [0.1, 0.15) is 5.75 Å². The van der Waals surface area contributed by atoms with Crippen LogP contribution in [-0.4, -0.2) is 13.0 Å². The largest absolute Gasteiger partial charge is 0.497 e. The molecule has 2 rings (SSSR count). The summed E-state index contributed by atoms with van der Waals surface area (Å²) in [5.74, 6) is 0.154. The quantitative estimate of drug-likeness (QED) is 0.925. The molecule has 0 saturated heterocycles. The zero-order valence-electron chi connectivity index (χ0n) is 12.7. The molecule has 0 aromatic heterocycles. The SMILES string of the molecule is COc1ccc(C(=O)NCc2ccc(C)cc2C(F)(F)F)cc1. The van der Waals surface area contributed by atoms with Gasteiger partial charge in [-0.1, -0.05) is 17.7 Å². The molecule has 0 aliphatic rings. The predicted octanol–water partition coefficient (Wildman–Crippen LogP) is 3.95. The number of benzene rings is 2. The maximum atomic E-state index is 13.0. The Hall–Kier alpha value is -2.50. The monoisotopic (exact) mass is 323 g/mol. The lowest BCUT2D eigenvalue weighted by molar-refractivity contribution is -0.138. The number of alkyl halides is 3. The van der Waals surface area contributed by atoms with E-state index in [0.29, 0.717) is 16.9 Å². The van der Waals surface area contributed by atoms with E-state index >= 15 is 0 Å². The van der Waals surface area contributed by atoms with Gasteiger partial charge in [-0.15, -0.1) is 0 Å². The molecule has 122 valence electrons. The van der Waals surface area contributed by atoms with Crippen molar-refractivity contribution in [2.24, 2.45) is 0 Å². The fraction of sp³-hybridized carbons (Fsp3) is 0.235. The first-order chi connectivity index (χ1) is 10.8. The fourth-order valence-corrected chi connectivity index (χ4v) is 2.13. The highest BCUT2D eigenvalue weighted by molar-refractivity contribution is 5.94. The Bertz CT molecular complexity index is 694. The van der Waals surface area contributed by atoms with E-state index in [4.69, 9.17) is 4.74 Å². The molecule has 0 aliphatic carbocycles. The van der Waals surface area contributed by atoms with Gasteiger partial charge in [0.25, 0.3) is 5.91 Å². The first-order valence-electron chi connectivity index (χ1n) is 6.90. The molecule has 0 aliphatic heterocycles. The van der Waals surface area contributed by atoms with E-state index in [0.717, 1.165) is 6.07 Å². The van der Waals surface area contributed by atoms with Gasteiger partial charge >= 0.3 is 6.18 Å². The number of ether oxygens (including phenoxy) is 1. The van der Waals surface area contributed by atoms with E-state index < -0.39 is 17.6 Å². The lowest BCUT2D eigenvalue weighted by atomic mass is 10.0. The molecule has 0 fully saturated rings. The number of aryl methyl sites for hydroxylation is 1. The van der Waals surface area contributed by atoms with Crippen molar-refractivity contribution in [1.82, 2.24) is 5.32 Å². The van der Waals surface area contributed by atoms with Gasteiger partial charge in [-0.05, 0) is 42.8 Å². The minimum Gasteiger partial charge on any atom is -0.497 e. The van der Waals surface area contributed by atoms with Crippen molar-refractivity contribution in [2.75, 3.05) is 7.11 Å². The number of nitrogens with one attached hydrogen (secondary N) is 1. The Morgan fingerprint density at radius 2 is 1.78 bits per heavy atom. The molecule has 0 unspecified atom stereocenters. The van der Waals surface area contributed by atoms with Gasteiger partial charge in [0.2, 0.25) is 0 Å². The summed E-state index contributed by atoms with van der Waals surface area (Å²) in [5.41, 5.74) is 0.173. The molecule has 0 spiro atoms. The number of methoxy groups -OCH3 is 1. The molecule has 2 aromatic carbocycles. The summed E-state index contributed by atoms with van der Waals surface area (Å²) in [6, 6.07) is 10.4. The van der Waals surface area contributed by atoms with Crippen molar-refractivity contribution < 1.29 is 22.7 Å². The van der Waals surface area contributed by atoms with E-state index in [1.54, 1.807) is 37.3 Å². The Morgan fingerprint density at radius 1 is 1.13 bits per heavy atom. The van der Waals surface area contributed by atoms with E-state index in [9.17, 15) is 18.0 Å². The standard InChI is InChI=1S/C17H16F3NO2/c1-11-3-4-13(15(9-11)17(18,19)20)10-21-16(22)12-5-7-14(23-2)8-6-12/h3-9H,10H2,1-2H3,(H,21,22). The average molecular weight is 323 g/mol. The maximum absolute atomic E-state index is 13.0. The summed E-state index contributed by atoms with van der Waals surface area (Å²) in [4.78, 5) is 12.0. The summed E-state index contributed by atoms with van der Waals surface area (Å²) >= 11 is 0. The number of carbonyl (C=O) groups is 1. The van der Waals surface area contributed by atoms with Crippen LogP contribution >= 0.6 is 0 Å². The summed E-state index contributed by atoms with van der Waals surface area (Å²) in [7, 11) is 1.51. The number of carbonyl (C=O) groups excluding carboxylic acids is 1. The van der Waals surface area contributed by atoms with Crippen LogP contribution in [0.15, 0.2) is 42.5 Å². The van der Waals surface area contributed by atoms with Crippen LogP contribution in [0.4, 0.5) is 13.2 Å². The van der Waals surface area contributed by atoms with Crippen molar-refractivity contribution in [3.8, 4) is 5.75 Å². The minimum atomic E-state index is -4.45. The highest BCUT2D eigenvalue weighted by atomic mass is 19.4. The summed E-state index contributed by atoms with van der Waals surface area (Å²) < 4.78 is 44.1. The first kappa shape index (κ1) is 16.9. The Morgan fingerprint density at radius 3 is 2.35 bits per heavy atom. The number of hydrogen-bond acceptors (Lipinski definition) is 2. The molecule has 1 amide bonds. The molecule has 6 heteroatoms. The van der Waals surface area contributed by atoms with Crippen molar-refractivity contribution in [3.63, 3.8) is 0 Å². The second kappa shape index (κ2) is 6.73. The van der Waals surface area contributed by atoms with Crippen molar-refractivity contribution in [3.05, 3.63) is 64.7 Å². The van der Waals surface area contributed by atoms with Gasteiger partial charge < -0.3 is 10.1 Å². The zero-order chi connectivity index (χ0) is 17.0. The van der Waals surface area contributed by atoms with Crippen molar-refractivity contribution >= 4 is 5.91 Å².